The van der Waals surface area contributed by atoms with E-state index in [-0.39, 0.29) is 32.7 Å². The molecule has 28 heavy (non-hydrogen) atoms. The molecule has 0 aromatic rings. The zero-order valence-electron chi connectivity index (χ0n) is 16.6. The number of ether oxygens (including phenoxy) is 2. The molecule has 1 aliphatic rings. The molecular formula is C18H31N3O7. The number of alkyl carbamates (subject to hydrolysis) is 1. The highest BCUT2D eigenvalue weighted by atomic mass is 16.6. The highest BCUT2D eigenvalue weighted by molar-refractivity contribution is 5.83. The fourth-order valence-corrected chi connectivity index (χ4v) is 2.73. The minimum absolute atomic E-state index is 0.0743. The standard InChI is InChI=1S/C18H31N3O7/c1-3-5-9-27-17(25)19-12-15(22)20-13-7-8-21(14(11-13)16(23)24)18(26)28-10-6-4-2/h13-14H,3-12H2,1-2H3,(H,19,25)(H,20,22)(H,23,24). The average Bonchev–Trinajstić information content (AvgIpc) is 2.66. The fraction of sp³-hybridized carbons (Fsp3) is 0.778. The predicted molar refractivity (Wildman–Crippen MR) is 99.8 cm³/mol. The number of aliphatic carboxylic acids is 1. The van der Waals surface area contributed by atoms with Gasteiger partial charge in [-0.15, -0.1) is 0 Å². The molecule has 1 aliphatic heterocycles. The lowest BCUT2D eigenvalue weighted by molar-refractivity contribution is -0.144. The van der Waals surface area contributed by atoms with Gasteiger partial charge in [0, 0.05) is 12.6 Å². The van der Waals surface area contributed by atoms with E-state index in [9.17, 15) is 24.3 Å². The molecule has 0 aromatic heterocycles. The third-order valence-electron chi connectivity index (χ3n) is 4.33. The second kappa shape index (κ2) is 12.8. The van der Waals surface area contributed by atoms with Crippen molar-refractivity contribution >= 4 is 24.1 Å². The van der Waals surface area contributed by atoms with Crippen LogP contribution in [0.3, 0.4) is 0 Å². The van der Waals surface area contributed by atoms with Gasteiger partial charge < -0.3 is 25.2 Å². The molecule has 0 spiro atoms. The van der Waals surface area contributed by atoms with Crippen LogP contribution in [0.1, 0.15) is 52.4 Å². The second-order valence-corrected chi connectivity index (χ2v) is 6.65. The number of carboxylic acids is 1. The van der Waals surface area contributed by atoms with Gasteiger partial charge in [0.2, 0.25) is 5.91 Å². The van der Waals surface area contributed by atoms with Gasteiger partial charge in [0.05, 0.1) is 13.2 Å². The maximum absolute atomic E-state index is 12.1. The average molecular weight is 401 g/mol. The van der Waals surface area contributed by atoms with E-state index in [1.807, 2.05) is 13.8 Å². The summed E-state index contributed by atoms with van der Waals surface area (Å²) in [6, 6.07) is -1.48. The molecule has 3 N–H and O–H groups in total. The first-order valence-electron chi connectivity index (χ1n) is 9.75. The molecule has 0 saturated carbocycles. The molecule has 1 fully saturated rings. The van der Waals surface area contributed by atoms with Crippen molar-refractivity contribution < 1.29 is 33.8 Å². The molecule has 2 atom stereocenters. The highest BCUT2D eigenvalue weighted by Crippen LogP contribution is 2.19. The Balaban J connectivity index is 2.44. The third kappa shape index (κ3) is 8.45. The van der Waals surface area contributed by atoms with Gasteiger partial charge in [-0.05, 0) is 25.7 Å². The third-order valence-corrected chi connectivity index (χ3v) is 4.33. The van der Waals surface area contributed by atoms with Crippen molar-refractivity contribution in [3.8, 4) is 0 Å². The Kier molecular flexibility index (Phi) is 10.7. The van der Waals surface area contributed by atoms with E-state index in [4.69, 9.17) is 9.47 Å². The Hall–Kier alpha value is -2.52. The van der Waals surface area contributed by atoms with E-state index < -0.39 is 36.1 Å². The molecule has 0 bridgehead atoms. The zero-order valence-corrected chi connectivity index (χ0v) is 16.6. The molecule has 3 amide bonds. The van der Waals surface area contributed by atoms with Gasteiger partial charge in [0.1, 0.15) is 12.6 Å². The minimum atomic E-state index is -1.15. The molecule has 10 heteroatoms. The number of piperidine rings is 1. The number of hydrogen-bond donors (Lipinski definition) is 3. The quantitative estimate of drug-likeness (QED) is 0.472. The lowest BCUT2D eigenvalue weighted by Gasteiger charge is -2.36. The summed E-state index contributed by atoms with van der Waals surface area (Å²) in [6.45, 7) is 4.37. The van der Waals surface area contributed by atoms with Crippen molar-refractivity contribution in [3.05, 3.63) is 0 Å². The van der Waals surface area contributed by atoms with Crippen LogP contribution in [0.15, 0.2) is 0 Å². The van der Waals surface area contributed by atoms with Crippen LogP contribution in [-0.4, -0.2) is 72.5 Å². The molecule has 10 nitrogen and oxygen atoms in total. The number of carbonyl (C=O) groups excluding carboxylic acids is 3. The van der Waals surface area contributed by atoms with Crippen LogP contribution in [0, 0.1) is 0 Å². The van der Waals surface area contributed by atoms with Gasteiger partial charge in [-0.25, -0.2) is 14.4 Å². The first-order chi connectivity index (χ1) is 13.4. The molecule has 1 saturated heterocycles. The molecule has 1 heterocycles. The maximum atomic E-state index is 12.1. The summed E-state index contributed by atoms with van der Waals surface area (Å²) in [5.74, 6) is -1.59. The van der Waals surface area contributed by atoms with Gasteiger partial charge in [-0.1, -0.05) is 26.7 Å². The summed E-state index contributed by atoms with van der Waals surface area (Å²) >= 11 is 0. The fourth-order valence-electron chi connectivity index (χ4n) is 2.73. The van der Waals surface area contributed by atoms with Gasteiger partial charge in [-0.3, -0.25) is 9.69 Å². The first-order valence-corrected chi connectivity index (χ1v) is 9.75. The van der Waals surface area contributed by atoms with E-state index in [1.54, 1.807) is 0 Å². The largest absolute Gasteiger partial charge is 0.480 e. The van der Waals surface area contributed by atoms with Gasteiger partial charge in [0.15, 0.2) is 0 Å². The molecular weight excluding hydrogens is 370 g/mol. The molecule has 0 aliphatic carbocycles. The van der Waals surface area contributed by atoms with Crippen molar-refractivity contribution in [2.24, 2.45) is 0 Å². The van der Waals surface area contributed by atoms with Crippen LogP contribution in [-0.2, 0) is 19.1 Å². The summed E-state index contributed by atoms with van der Waals surface area (Å²) < 4.78 is 9.98. The van der Waals surface area contributed by atoms with Crippen LogP contribution >= 0.6 is 0 Å². The smallest absolute Gasteiger partial charge is 0.410 e. The summed E-state index contributed by atoms with van der Waals surface area (Å²) in [7, 11) is 0. The van der Waals surface area contributed by atoms with Gasteiger partial charge in [0.25, 0.3) is 0 Å². The summed E-state index contributed by atoms with van der Waals surface area (Å²) in [4.78, 5) is 48.2. The van der Waals surface area contributed by atoms with Crippen LogP contribution in [0.25, 0.3) is 0 Å². The lowest BCUT2D eigenvalue weighted by Crippen LogP contribution is -2.55. The zero-order chi connectivity index (χ0) is 20.9. The summed E-state index contributed by atoms with van der Waals surface area (Å²) in [5, 5.41) is 14.5. The number of nitrogens with one attached hydrogen (secondary N) is 2. The number of unbranched alkanes of at least 4 members (excludes halogenated alkanes) is 2. The molecule has 0 radical (unpaired) electrons. The Bertz CT molecular complexity index is 541. The Labute approximate surface area is 164 Å². The van der Waals surface area contributed by atoms with E-state index >= 15 is 0 Å². The number of carboxylic acid groups (broad SMARTS) is 1. The SMILES string of the molecule is CCCCOC(=O)NCC(=O)NC1CCN(C(=O)OCCCC)C(C(=O)O)C1. The van der Waals surface area contributed by atoms with E-state index in [1.165, 1.54) is 4.90 Å². The van der Waals surface area contributed by atoms with E-state index in [2.05, 4.69) is 10.6 Å². The van der Waals surface area contributed by atoms with E-state index in [0.29, 0.717) is 12.8 Å². The number of carbonyl (C=O) groups is 4. The van der Waals surface area contributed by atoms with Crippen LogP contribution in [0.2, 0.25) is 0 Å². The van der Waals surface area contributed by atoms with Gasteiger partial charge in [-0.2, -0.15) is 0 Å². The number of rotatable bonds is 10. The number of nitrogens with zero attached hydrogens (tertiary/aromatic N) is 1. The Morgan fingerprint density at radius 3 is 2.32 bits per heavy atom. The predicted octanol–water partition coefficient (Wildman–Crippen LogP) is 1.48. The van der Waals surface area contributed by atoms with E-state index in [0.717, 1.165) is 19.3 Å². The molecule has 0 aromatic carbocycles. The number of likely N-dealkylation sites (tertiary alicyclic amines) is 1. The summed E-state index contributed by atoms with van der Waals surface area (Å²) in [6.07, 6.45) is 2.37. The monoisotopic (exact) mass is 401 g/mol. The lowest BCUT2D eigenvalue weighted by atomic mass is 9.97. The van der Waals surface area contributed by atoms with Crippen molar-refractivity contribution in [2.45, 2.75) is 64.5 Å². The molecule has 1 rings (SSSR count). The highest BCUT2D eigenvalue weighted by Gasteiger charge is 2.37. The van der Waals surface area contributed by atoms with Crippen molar-refractivity contribution in [1.29, 1.82) is 0 Å². The maximum Gasteiger partial charge on any atom is 0.410 e. The van der Waals surface area contributed by atoms with Gasteiger partial charge >= 0.3 is 18.2 Å². The normalized spacial score (nSPS) is 18.9. The second-order valence-electron chi connectivity index (χ2n) is 6.65. The number of amides is 3. The first kappa shape index (κ1) is 23.5. The van der Waals surface area contributed by atoms with Crippen LogP contribution < -0.4 is 10.6 Å². The molecule has 160 valence electrons. The molecule has 2 unspecified atom stereocenters. The van der Waals surface area contributed by atoms with Crippen molar-refractivity contribution in [2.75, 3.05) is 26.3 Å². The van der Waals surface area contributed by atoms with Crippen molar-refractivity contribution in [3.63, 3.8) is 0 Å². The number of hydrogen-bond acceptors (Lipinski definition) is 6. The topological polar surface area (TPSA) is 134 Å². The minimum Gasteiger partial charge on any atom is -0.480 e. The van der Waals surface area contributed by atoms with Crippen LogP contribution in [0.4, 0.5) is 9.59 Å². The Morgan fingerprint density at radius 1 is 1.07 bits per heavy atom. The summed E-state index contributed by atoms with van der Waals surface area (Å²) in [5.41, 5.74) is 0. The van der Waals surface area contributed by atoms with Crippen LogP contribution in [0.5, 0.6) is 0 Å². The van der Waals surface area contributed by atoms with Crippen molar-refractivity contribution in [1.82, 2.24) is 15.5 Å². The Morgan fingerprint density at radius 2 is 1.71 bits per heavy atom.